The van der Waals surface area contributed by atoms with Crippen LogP contribution in [0.3, 0.4) is 0 Å². The maximum Gasteiger partial charge on any atom is 0.255 e. The van der Waals surface area contributed by atoms with Crippen LogP contribution in [0.2, 0.25) is 0 Å². The monoisotopic (exact) mass is 482 g/mol. The molecule has 0 aliphatic carbocycles. The highest BCUT2D eigenvalue weighted by Gasteiger charge is 2.39. The molecule has 1 unspecified atom stereocenters. The highest BCUT2D eigenvalue weighted by molar-refractivity contribution is 5.99. The van der Waals surface area contributed by atoms with Crippen LogP contribution in [-0.4, -0.2) is 11.8 Å². The fourth-order valence-corrected chi connectivity index (χ4v) is 3.97. The largest absolute Gasteiger partial charge is 0.351 e. The lowest BCUT2D eigenvalue weighted by molar-refractivity contribution is -0.150. The molecule has 0 saturated heterocycles. The molecule has 4 aromatic rings. The highest BCUT2D eigenvalue weighted by atomic mass is 19.1. The molecule has 0 radical (unpaired) electrons. The van der Waals surface area contributed by atoms with Crippen LogP contribution in [0.5, 0.6) is 0 Å². The van der Waals surface area contributed by atoms with Gasteiger partial charge < -0.3 is 5.32 Å². The zero-order valence-corrected chi connectivity index (χ0v) is 19.9. The van der Waals surface area contributed by atoms with E-state index in [1.165, 1.54) is 19.1 Å². The van der Waals surface area contributed by atoms with Crippen LogP contribution >= 0.6 is 0 Å². The summed E-state index contributed by atoms with van der Waals surface area (Å²) in [5, 5.41) is 2.71. The normalized spacial score (nSPS) is 11.9. The number of hydrogen-bond donors (Lipinski definition) is 2. The number of benzene rings is 4. The number of hydroxylamine groups is 1. The minimum absolute atomic E-state index is 0.180. The maximum absolute atomic E-state index is 13.1. The molecule has 0 spiro atoms. The van der Waals surface area contributed by atoms with Crippen molar-refractivity contribution in [3.8, 4) is 0 Å². The van der Waals surface area contributed by atoms with Gasteiger partial charge in [-0.2, -0.15) is 0 Å². The average Bonchev–Trinajstić information content (AvgIpc) is 2.94. The van der Waals surface area contributed by atoms with E-state index in [2.05, 4.69) is 10.8 Å². The van der Waals surface area contributed by atoms with Crippen LogP contribution in [0, 0.1) is 11.7 Å². The summed E-state index contributed by atoms with van der Waals surface area (Å²) in [6.07, 6.45) is 0. The third-order valence-electron chi connectivity index (χ3n) is 6.01. The summed E-state index contributed by atoms with van der Waals surface area (Å²) >= 11 is 0. The van der Waals surface area contributed by atoms with Gasteiger partial charge in [0.05, 0.1) is 0 Å². The number of rotatable bonds is 9. The van der Waals surface area contributed by atoms with Crippen LogP contribution in [-0.2, 0) is 26.6 Å². The first-order chi connectivity index (χ1) is 17.5. The summed E-state index contributed by atoms with van der Waals surface area (Å²) in [4.78, 5) is 32.0. The molecule has 0 aliphatic rings. The lowest BCUT2D eigenvalue weighted by Crippen LogP contribution is -2.45. The maximum atomic E-state index is 13.1. The van der Waals surface area contributed by atoms with E-state index in [1.807, 2.05) is 91.0 Å². The van der Waals surface area contributed by atoms with E-state index in [0.717, 1.165) is 22.3 Å². The number of carbonyl (C=O) groups is 2. The number of hydrogen-bond acceptors (Lipinski definition) is 3. The molecule has 2 amide bonds. The smallest absolute Gasteiger partial charge is 0.255 e. The average molecular weight is 483 g/mol. The first-order valence-corrected chi connectivity index (χ1v) is 11.7. The number of carbonyl (C=O) groups excluding carboxylic acids is 2. The van der Waals surface area contributed by atoms with Crippen molar-refractivity contribution in [1.82, 2.24) is 10.8 Å². The predicted molar refractivity (Wildman–Crippen MR) is 136 cm³/mol. The van der Waals surface area contributed by atoms with Crippen LogP contribution in [0.15, 0.2) is 115 Å². The molecule has 5 nitrogen and oxygen atoms in total. The van der Waals surface area contributed by atoms with E-state index >= 15 is 0 Å². The lowest BCUT2D eigenvalue weighted by Gasteiger charge is -2.35. The Bertz CT molecular complexity index is 1180. The number of nitrogens with one attached hydrogen (secondary N) is 2. The van der Waals surface area contributed by atoms with Gasteiger partial charge in [0.2, 0.25) is 5.91 Å². The van der Waals surface area contributed by atoms with Crippen LogP contribution in [0.25, 0.3) is 0 Å². The molecule has 0 heterocycles. The predicted octanol–water partition coefficient (Wildman–Crippen LogP) is 5.12. The molecule has 36 heavy (non-hydrogen) atoms. The van der Waals surface area contributed by atoms with Crippen molar-refractivity contribution in [2.24, 2.45) is 5.92 Å². The minimum atomic E-state index is -1.15. The molecule has 4 aromatic carbocycles. The first-order valence-electron chi connectivity index (χ1n) is 11.7. The zero-order chi connectivity index (χ0) is 25.4. The standard InChI is InChI=1S/C30H27FN2O3/c1-22(28(34)32-21-23-17-19-27(31)20-18-23)29(35)33-36-30(24-11-5-2-6-12-24,25-13-7-3-8-14-25)26-15-9-4-10-16-26/h2-20,22H,21H2,1H3,(H,32,34)(H,33,35). The Morgan fingerprint density at radius 2 is 1.17 bits per heavy atom. The molecule has 4 rings (SSSR count). The molecule has 0 fully saturated rings. The second-order valence-corrected chi connectivity index (χ2v) is 8.41. The Kier molecular flexibility index (Phi) is 7.88. The second kappa shape index (κ2) is 11.4. The SMILES string of the molecule is CC(C(=O)NCc1ccc(F)cc1)C(=O)NOC(c1ccccc1)(c1ccccc1)c1ccccc1. The van der Waals surface area contributed by atoms with Gasteiger partial charge in [0.15, 0.2) is 5.60 Å². The molecule has 182 valence electrons. The molecule has 0 saturated carbocycles. The van der Waals surface area contributed by atoms with Gasteiger partial charge in [0.1, 0.15) is 11.7 Å². The van der Waals surface area contributed by atoms with Crippen LogP contribution in [0.1, 0.15) is 29.2 Å². The summed E-state index contributed by atoms with van der Waals surface area (Å²) in [5.74, 6) is -2.43. The van der Waals surface area contributed by atoms with Crippen molar-refractivity contribution in [3.05, 3.63) is 143 Å². The molecule has 0 aliphatic heterocycles. The van der Waals surface area contributed by atoms with Gasteiger partial charge in [-0.3, -0.25) is 14.4 Å². The molecule has 0 bridgehead atoms. The Morgan fingerprint density at radius 3 is 1.61 bits per heavy atom. The molecule has 0 aromatic heterocycles. The second-order valence-electron chi connectivity index (χ2n) is 8.41. The highest BCUT2D eigenvalue weighted by Crippen LogP contribution is 2.39. The molecular formula is C30H27FN2O3. The fourth-order valence-electron chi connectivity index (χ4n) is 3.97. The molecule has 6 heteroatoms. The Hall–Kier alpha value is -4.29. The summed E-state index contributed by atoms with van der Waals surface area (Å²) in [6.45, 7) is 1.69. The summed E-state index contributed by atoms with van der Waals surface area (Å²) < 4.78 is 13.1. The van der Waals surface area contributed by atoms with Crippen molar-refractivity contribution in [1.29, 1.82) is 0 Å². The third-order valence-corrected chi connectivity index (χ3v) is 6.01. The van der Waals surface area contributed by atoms with Crippen molar-refractivity contribution in [2.75, 3.05) is 0 Å². The van der Waals surface area contributed by atoms with Gasteiger partial charge in [0, 0.05) is 6.54 Å². The van der Waals surface area contributed by atoms with E-state index < -0.39 is 23.3 Å². The summed E-state index contributed by atoms with van der Waals surface area (Å²) in [7, 11) is 0. The van der Waals surface area contributed by atoms with Crippen LogP contribution in [0.4, 0.5) is 4.39 Å². The fraction of sp³-hybridized carbons (Fsp3) is 0.133. The summed E-state index contributed by atoms with van der Waals surface area (Å²) in [5.41, 5.74) is 4.58. The van der Waals surface area contributed by atoms with Crippen molar-refractivity contribution in [2.45, 2.75) is 19.1 Å². The van der Waals surface area contributed by atoms with E-state index in [9.17, 15) is 14.0 Å². The number of amides is 2. The Labute approximate surface area is 209 Å². The zero-order valence-electron chi connectivity index (χ0n) is 19.9. The van der Waals surface area contributed by atoms with E-state index in [-0.39, 0.29) is 12.4 Å². The van der Waals surface area contributed by atoms with Gasteiger partial charge in [-0.15, -0.1) is 0 Å². The summed E-state index contributed by atoms with van der Waals surface area (Å²) in [6, 6.07) is 34.6. The number of halogens is 1. The molecule has 2 N–H and O–H groups in total. The topological polar surface area (TPSA) is 67.4 Å². The van der Waals surface area contributed by atoms with Gasteiger partial charge in [0.25, 0.3) is 5.91 Å². The van der Waals surface area contributed by atoms with Crippen molar-refractivity contribution in [3.63, 3.8) is 0 Å². The van der Waals surface area contributed by atoms with E-state index in [0.29, 0.717) is 0 Å². The Morgan fingerprint density at radius 1 is 0.722 bits per heavy atom. The minimum Gasteiger partial charge on any atom is -0.351 e. The third kappa shape index (κ3) is 5.50. The molecular weight excluding hydrogens is 455 g/mol. The lowest BCUT2D eigenvalue weighted by atomic mass is 9.80. The van der Waals surface area contributed by atoms with E-state index in [4.69, 9.17) is 4.84 Å². The molecule has 1 atom stereocenters. The first kappa shape index (κ1) is 24.8. The van der Waals surface area contributed by atoms with Gasteiger partial charge in [-0.05, 0) is 41.3 Å². The van der Waals surface area contributed by atoms with E-state index in [1.54, 1.807) is 12.1 Å². The van der Waals surface area contributed by atoms with Crippen molar-refractivity contribution >= 4 is 11.8 Å². The van der Waals surface area contributed by atoms with Crippen molar-refractivity contribution < 1.29 is 18.8 Å². The van der Waals surface area contributed by atoms with Gasteiger partial charge in [-0.25, -0.2) is 9.87 Å². The van der Waals surface area contributed by atoms with Gasteiger partial charge >= 0.3 is 0 Å². The Balaban J connectivity index is 1.57. The quantitative estimate of drug-likeness (QED) is 0.198. The van der Waals surface area contributed by atoms with Gasteiger partial charge in [-0.1, -0.05) is 103 Å². The van der Waals surface area contributed by atoms with Crippen LogP contribution < -0.4 is 10.8 Å².